The van der Waals surface area contributed by atoms with E-state index in [0.29, 0.717) is 39.5 Å². The van der Waals surface area contributed by atoms with Gasteiger partial charge in [0.05, 0.1) is 63.7 Å². The van der Waals surface area contributed by atoms with Crippen molar-refractivity contribution in [3.63, 3.8) is 0 Å². The summed E-state index contributed by atoms with van der Waals surface area (Å²) in [5, 5.41) is 12.1. The summed E-state index contributed by atoms with van der Waals surface area (Å²) in [6.45, 7) is -0.343. The highest BCUT2D eigenvalue weighted by Crippen LogP contribution is 2.37. The Morgan fingerprint density at radius 3 is 1.12 bits per heavy atom. The van der Waals surface area contributed by atoms with Crippen LogP contribution in [0.3, 0.4) is 0 Å². The highest BCUT2D eigenvalue weighted by atomic mass is 32.2. The topological polar surface area (TPSA) is 337 Å². The number of hydrogen-bond donors (Lipinski definition) is 7. The van der Waals surface area contributed by atoms with Gasteiger partial charge in [0.25, 0.3) is 40.1 Å². The van der Waals surface area contributed by atoms with Crippen LogP contribution in [0.1, 0.15) is 32.1 Å². The van der Waals surface area contributed by atoms with Crippen LogP contribution >= 0.6 is 0 Å². The van der Waals surface area contributed by atoms with Gasteiger partial charge in [0.15, 0.2) is 0 Å². The Morgan fingerprint density at radius 1 is 0.398 bits per heavy atom. The number of sulfonamides is 4. The number of methoxy groups -OCH3 is 3. The molecule has 0 radical (unpaired) electrons. The highest BCUT2D eigenvalue weighted by molar-refractivity contribution is 7.93. The van der Waals surface area contributed by atoms with Gasteiger partial charge < -0.3 is 35.5 Å². The van der Waals surface area contributed by atoms with E-state index in [9.17, 15) is 57.6 Å². The monoisotopic (exact) mass is 1280 g/mol. The molecule has 24 nitrogen and oxygen atoms in total. The first-order valence-corrected chi connectivity index (χ1v) is 32.7. The van der Waals surface area contributed by atoms with Crippen LogP contribution in [0, 0.1) is 0 Å². The van der Waals surface area contributed by atoms with E-state index in [2.05, 4.69) is 35.4 Å². The van der Waals surface area contributed by atoms with E-state index >= 15 is 0 Å². The number of anilines is 6. The zero-order valence-corrected chi connectivity index (χ0v) is 50.7. The summed E-state index contributed by atoms with van der Waals surface area (Å²) in [6.07, 6.45) is -0.384. The lowest BCUT2D eigenvalue weighted by Gasteiger charge is -2.25. The molecule has 0 bridgehead atoms. The molecule has 0 fully saturated rings. The number of carbonyl (C=O) groups is 5. The Morgan fingerprint density at radius 2 is 0.739 bits per heavy atom. The van der Waals surface area contributed by atoms with Crippen molar-refractivity contribution in [2.75, 3.05) is 70.1 Å². The van der Waals surface area contributed by atoms with Crippen LogP contribution in [0.4, 0.5) is 34.1 Å². The van der Waals surface area contributed by atoms with Crippen molar-refractivity contribution in [1.29, 1.82) is 0 Å². The maximum absolute atomic E-state index is 14.0. The first kappa shape index (κ1) is 64.2. The second-order valence-corrected chi connectivity index (χ2v) is 26.2. The fraction of sp³-hybridized carbons (Fsp3) is 0.183. The Kier molecular flexibility index (Phi) is 20.6. The zero-order valence-electron chi connectivity index (χ0n) is 47.4. The van der Waals surface area contributed by atoms with Gasteiger partial charge in [-0.25, -0.2) is 33.7 Å². The average molecular weight is 1280 g/mol. The summed E-state index contributed by atoms with van der Waals surface area (Å²) in [6, 6.07) is 40.8. The van der Waals surface area contributed by atoms with Crippen molar-refractivity contribution < 1.29 is 71.9 Å². The van der Waals surface area contributed by atoms with E-state index in [-0.39, 0.29) is 92.5 Å². The average Bonchev–Trinajstić information content (AvgIpc) is 0.919. The molecule has 8 aromatic carbocycles. The smallest absolute Gasteiger partial charge is 0.326 e. The molecule has 0 aromatic heterocycles. The molecule has 4 amide bonds. The summed E-state index contributed by atoms with van der Waals surface area (Å²) in [7, 11) is -12.8. The molecule has 88 heavy (non-hydrogen) atoms. The number of hydrogen-bond acceptors (Lipinski definition) is 16. The predicted molar refractivity (Wildman–Crippen MR) is 332 cm³/mol. The minimum atomic E-state index is -4.37. The van der Waals surface area contributed by atoms with E-state index in [1.54, 1.807) is 48.5 Å². The molecule has 8 aromatic rings. The minimum Gasteiger partial charge on any atom is -0.497 e. The quantitative estimate of drug-likeness (QED) is 0.0184. The minimum absolute atomic E-state index is 0.000406. The molecule has 0 saturated heterocycles. The molecule has 460 valence electrons. The highest BCUT2D eigenvalue weighted by Gasteiger charge is 2.30. The number of esters is 1. The van der Waals surface area contributed by atoms with Crippen molar-refractivity contribution in [3.05, 3.63) is 170 Å². The van der Waals surface area contributed by atoms with Gasteiger partial charge in [0.1, 0.15) is 18.0 Å². The third-order valence-corrected chi connectivity index (χ3v) is 19.3. The van der Waals surface area contributed by atoms with Crippen molar-refractivity contribution in [2.24, 2.45) is 0 Å². The van der Waals surface area contributed by atoms with Gasteiger partial charge in [-0.05, 0) is 128 Å². The molecule has 0 atom stereocenters. The van der Waals surface area contributed by atoms with Gasteiger partial charge >= 0.3 is 5.97 Å². The van der Waals surface area contributed by atoms with Crippen molar-refractivity contribution in [2.45, 2.75) is 51.7 Å². The molecule has 0 saturated carbocycles. The number of nitrogens with zero attached hydrogens (tertiary/aromatic N) is 1. The Bertz CT molecular complexity index is 4370. The number of carbonyl (C=O) groups excluding carboxylic acids is 5. The second kappa shape index (κ2) is 28.2. The van der Waals surface area contributed by atoms with E-state index in [1.807, 2.05) is 0 Å². The van der Waals surface area contributed by atoms with E-state index < -0.39 is 76.2 Å². The van der Waals surface area contributed by atoms with Crippen molar-refractivity contribution in [1.82, 2.24) is 10.6 Å². The third kappa shape index (κ3) is 16.2. The summed E-state index contributed by atoms with van der Waals surface area (Å²) in [5.41, 5.74) is 1.13. The fourth-order valence-electron chi connectivity index (χ4n) is 8.85. The fourth-order valence-corrected chi connectivity index (χ4v) is 13.5. The summed E-state index contributed by atoms with van der Waals surface area (Å²) >= 11 is 0. The molecule has 28 heteroatoms. The molecule has 0 aliphatic heterocycles. The summed E-state index contributed by atoms with van der Waals surface area (Å²) in [5.74, 6) is -1.83. The second-order valence-electron chi connectivity index (χ2n) is 19.3. The van der Waals surface area contributed by atoms with Gasteiger partial charge in [-0.3, -0.25) is 42.4 Å². The van der Waals surface area contributed by atoms with Crippen LogP contribution < -0.4 is 49.2 Å². The number of amides is 4. The maximum Gasteiger partial charge on any atom is 0.326 e. The largest absolute Gasteiger partial charge is 0.497 e. The van der Waals surface area contributed by atoms with Crippen LogP contribution in [0.5, 0.6) is 11.5 Å². The Labute approximate surface area is 508 Å². The first-order chi connectivity index (χ1) is 42.0. The van der Waals surface area contributed by atoms with E-state index in [4.69, 9.17) is 14.2 Å². The molecule has 8 rings (SSSR count). The SMILES string of the molecule is COC(=O)CN(c1ccc(NS(=O)(=O)c2ccc(NC(=O)CCC(=O)NCCCNC(=O)CCC(=O)Nc3ccc(S(=O)(=O)Nc4ccc(NS(=O)(=O)c5ccc(OC)cc5)c5ccccc45)cc3)cc2)c2ccccc12)S(=O)(=O)c1ccc(OC)cc1. The standard InChI is InChI=1S/C60H60N8O16S4/c1-82-42-17-25-46(26-18-42)87(78,79)66-53-30-29-52(48-9-4-5-10-49(48)53)65-85(74,75)44-21-13-40(14-22-44)63-58(71)35-33-56(69)61-37-8-38-62-57(70)34-36-59(72)64-41-15-23-45(24-16-41)86(76,77)67-54-31-32-55(51-12-7-6-11-50(51)54)68(39-60(73)84-3)88(80,81)47-27-19-43(83-2)20-28-47/h4-7,9-32,65-67H,8,33-39H2,1-3H3,(H,61,69)(H,62,70)(H,63,71)(H,64,72). The number of benzene rings is 8. The predicted octanol–water partition coefficient (Wildman–Crippen LogP) is 7.54. The molecule has 7 N–H and O–H groups in total. The molecule has 0 aliphatic carbocycles. The van der Waals surface area contributed by atoms with Crippen LogP contribution in [0.2, 0.25) is 0 Å². The zero-order chi connectivity index (χ0) is 63.2. The third-order valence-electron chi connectivity index (χ3n) is 13.4. The Hall–Kier alpha value is -9.77. The van der Waals surface area contributed by atoms with Gasteiger partial charge in [-0.1, -0.05) is 48.5 Å². The molecule has 0 heterocycles. The lowest BCUT2D eigenvalue weighted by molar-refractivity contribution is -0.138. The van der Waals surface area contributed by atoms with Crippen LogP contribution in [0.25, 0.3) is 21.5 Å². The summed E-state index contributed by atoms with van der Waals surface area (Å²) < 4.78 is 132. The lowest BCUT2D eigenvalue weighted by atomic mass is 10.1. The molecular weight excluding hydrogens is 1220 g/mol. The molecular formula is C60H60N8O16S4. The number of nitrogens with one attached hydrogen (secondary N) is 7. The molecule has 0 unspecified atom stereocenters. The molecule has 0 spiro atoms. The number of rotatable bonds is 28. The van der Waals surface area contributed by atoms with E-state index in [0.717, 1.165) is 11.4 Å². The summed E-state index contributed by atoms with van der Waals surface area (Å²) in [4.78, 5) is 62.6. The van der Waals surface area contributed by atoms with Crippen LogP contribution in [-0.2, 0) is 68.8 Å². The van der Waals surface area contributed by atoms with E-state index in [1.165, 1.54) is 136 Å². The molecule has 0 aliphatic rings. The van der Waals surface area contributed by atoms with Crippen LogP contribution in [-0.4, -0.2) is 104 Å². The number of fused-ring (bicyclic) bond motifs is 2. The lowest BCUT2D eigenvalue weighted by Crippen LogP contribution is -2.36. The van der Waals surface area contributed by atoms with Crippen molar-refractivity contribution >= 4 is 125 Å². The van der Waals surface area contributed by atoms with Gasteiger partial charge in [0.2, 0.25) is 23.6 Å². The Balaban J connectivity index is 0.736. The van der Waals surface area contributed by atoms with Gasteiger partial charge in [-0.2, -0.15) is 0 Å². The van der Waals surface area contributed by atoms with Gasteiger partial charge in [0, 0.05) is 71.7 Å². The van der Waals surface area contributed by atoms with Crippen LogP contribution in [0.15, 0.2) is 189 Å². The normalized spacial score (nSPS) is 11.6. The van der Waals surface area contributed by atoms with Crippen molar-refractivity contribution in [3.8, 4) is 11.5 Å². The number of ether oxygens (including phenoxy) is 3. The maximum atomic E-state index is 14.0. The van der Waals surface area contributed by atoms with Gasteiger partial charge in [-0.15, -0.1) is 0 Å². The first-order valence-electron chi connectivity index (χ1n) is 26.8.